The molecule has 19 heavy (non-hydrogen) atoms. The van der Waals surface area contributed by atoms with Gasteiger partial charge in [0.1, 0.15) is 5.41 Å². The van der Waals surface area contributed by atoms with Crippen LogP contribution in [0.4, 0.5) is 0 Å². The van der Waals surface area contributed by atoms with E-state index >= 15 is 0 Å². The lowest BCUT2D eigenvalue weighted by molar-refractivity contribution is -0.157. The molecule has 0 amide bonds. The Bertz CT molecular complexity index is 495. The lowest BCUT2D eigenvalue weighted by Gasteiger charge is -2.21. The molecule has 0 fully saturated rings. The summed E-state index contributed by atoms with van der Waals surface area (Å²) in [6.07, 6.45) is 0.0712. The zero-order chi connectivity index (χ0) is 14.6. The predicted octanol–water partition coefficient (Wildman–Crippen LogP) is 3.69. The highest BCUT2D eigenvalue weighted by Crippen LogP contribution is 2.26. The summed E-state index contributed by atoms with van der Waals surface area (Å²) in [6.45, 7) is 5.06. The Morgan fingerprint density at radius 3 is 2.42 bits per heavy atom. The Labute approximate surface area is 122 Å². The maximum absolute atomic E-state index is 12.2. The SMILES string of the molecule is CCOC(=O)C(C)(C)C(=O)Cc1ccc(Cl)cc1Cl. The van der Waals surface area contributed by atoms with E-state index in [9.17, 15) is 9.59 Å². The molecule has 0 bridgehead atoms. The first kappa shape index (κ1) is 16.0. The second-order valence-corrected chi connectivity index (χ2v) is 5.52. The van der Waals surface area contributed by atoms with E-state index in [-0.39, 0.29) is 18.8 Å². The predicted molar refractivity (Wildman–Crippen MR) is 75.6 cm³/mol. The van der Waals surface area contributed by atoms with Crippen molar-refractivity contribution in [1.82, 2.24) is 0 Å². The van der Waals surface area contributed by atoms with Crippen LogP contribution in [0, 0.1) is 5.41 Å². The van der Waals surface area contributed by atoms with Crippen LogP contribution in [0.3, 0.4) is 0 Å². The van der Waals surface area contributed by atoms with Gasteiger partial charge in [-0.15, -0.1) is 0 Å². The van der Waals surface area contributed by atoms with Gasteiger partial charge in [0.15, 0.2) is 5.78 Å². The number of hydrogen-bond donors (Lipinski definition) is 0. The van der Waals surface area contributed by atoms with Crippen molar-refractivity contribution in [3.8, 4) is 0 Å². The van der Waals surface area contributed by atoms with Gasteiger partial charge in [0.25, 0.3) is 0 Å². The van der Waals surface area contributed by atoms with Gasteiger partial charge in [0, 0.05) is 16.5 Å². The molecule has 104 valence electrons. The summed E-state index contributed by atoms with van der Waals surface area (Å²) in [7, 11) is 0. The van der Waals surface area contributed by atoms with Gasteiger partial charge in [0.2, 0.25) is 0 Å². The number of halogens is 2. The number of Topliss-reactive ketones (excluding diaryl/α,β-unsaturated/α-hetero) is 1. The summed E-state index contributed by atoms with van der Waals surface area (Å²) in [5, 5.41) is 0.923. The van der Waals surface area contributed by atoms with Gasteiger partial charge in [-0.2, -0.15) is 0 Å². The monoisotopic (exact) mass is 302 g/mol. The van der Waals surface area contributed by atoms with Crippen LogP contribution in [-0.2, 0) is 20.7 Å². The summed E-state index contributed by atoms with van der Waals surface area (Å²) in [4.78, 5) is 23.9. The lowest BCUT2D eigenvalue weighted by Crippen LogP contribution is -2.36. The van der Waals surface area contributed by atoms with Crippen LogP contribution in [-0.4, -0.2) is 18.4 Å². The summed E-state index contributed by atoms with van der Waals surface area (Å²) >= 11 is 11.8. The molecule has 0 heterocycles. The van der Waals surface area contributed by atoms with E-state index in [0.717, 1.165) is 0 Å². The van der Waals surface area contributed by atoms with Crippen LogP contribution >= 0.6 is 23.2 Å². The summed E-state index contributed by atoms with van der Waals surface area (Å²) in [6, 6.07) is 4.92. The molecule has 0 aliphatic rings. The standard InChI is InChI=1S/C14H16Cl2O3/c1-4-19-13(18)14(2,3)12(17)7-9-5-6-10(15)8-11(9)16/h5-6,8H,4,7H2,1-3H3. The maximum atomic E-state index is 12.2. The molecule has 0 N–H and O–H groups in total. The van der Waals surface area contributed by atoms with Crippen molar-refractivity contribution < 1.29 is 14.3 Å². The minimum absolute atomic E-state index is 0.0712. The largest absolute Gasteiger partial charge is 0.465 e. The molecule has 5 heteroatoms. The van der Waals surface area contributed by atoms with Crippen molar-refractivity contribution >= 4 is 35.0 Å². The van der Waals surface area contributed by atoms with Gasteiger partial charge < -0.3 is 4.74 Å². The molecule has 0 aliphatic carbocycles. The third kappa shape index (κ3) is 3.95. The van der Waals surface area contributed by atoms with Crippen LogP contribution < -0.4 is 0 Å². The fourth-order valence-electron chi connectivity index (χ4n) is 1.48. The van der Waals surface area contributed by atoms with Crippen molar-refractivity contribution in [1.29, 1.82) is 0 Å². The molecular formula is C14H16Cl2O3. The van der Waals surface area contributed by atoms with Crippen molar-refractivity contribution in [2.75, 3.05) is 6.61 Å². The highest BCUT2D eigenvalue weighted by Gasteiger charge is 2.37. The summed E-state index contributed by atoms with van der Waals surface area (Å²) in [5.74, 6) is -0.764. The van der Waals surface area contributed by atoms with Crippen LogP contribution in [0.5, 0.6) is 0 Å². The Kier molecular flexibility index (Phi) is 5.39. The van der Waals surface area contributed by atoms with E-state index in [2.05, 4.69) is 0 Å². The number of ketones is 1. The van der Waals surface area contributed by atoms with E-state index in [4.69, 9.17) is 27.9 Å². The molecule has 1 rings (SSSR count). The first-order valence-electron chi connectivity index (χ1n) is 5.93. The third-order valence-corrected chi connectivity index (χ3v) is 3.44. The topological polar surface area (TPSA) is 43.4 Å². The maximum Gasteiger partial charge on any atom is 0.319 e. The molecule has 0 unspecified atom stereocenters. The normalized spacial score (nSPS) is 11.2. The van der Waals surface area contributed by atoms with Crippen molar-refractivity contribution in [2.45, 2.75) is 27.2 Å². The third-order valence-electron chi connectivity index (χ3n) is 2.85. The zero-order valence-electron chi connectivity index (χ0n) is 11.1. The van der Waals surface area contributed by atoms with Crippen LogP contribution in [0.25, 0.3) is 0 Å². The molecule has 0 atom stereocenters. The first-order valence-corrected chi connectivity index (χ1v) is 6.69. The minimum Gasteiger partial charge on any atom is -0.465 e. The van der Waals surface area contributed by atoms with Gasteiger partial charge in [-0.25, -0.2) is 0 Å². The van der Waals surface area contributed by atoms with Gasteiger partial charge in [-0.1, -0.05) is 29.3 Å². The molecule has 0 saturated carbocycles. The Balaban J connectivity index is 2.87. The molecule has 0 aromatic heterocycles. The minimum atomic E-state index is -1.18. The number of benzene rings is 1. The van der Waals surface area contributed by atoms with E-state index < -0.39 is 11.4 Å². The van der Waals surface area contributed by atoms with E-state index in [0.29, 0.717) is 15.6 Å². The van der Waals surface area contributed by atoms with Crippen LogP contribution in [0.15, 0.2) is 18.2 Å². The van der Waals surface area contributed by atoms with Crippen LogP contribution in [0.1, 0.15) is 26.3 Å². The second-order valence-electron chi connectivity index (χ2n) is 4.68. The van der Waals surface area contributed by atoms with Crippen molar-refractivity contribution in [3.63, 3.8) is 0 Å². The first-order chi connectivity index (χ1) is 8.78. The van der Waals surface area contributed by atoms with Crippen LogP contribution in [0.2, 0.25) is 10.0 Å². The fourth-order valence-corrected chi connectivity index (χ4v) is 1.96. The Hall–Kier alpha value is -1.06. The molecule has 3 nitrogen and oxygen atoms in total. The highest BCUT2D eigenvalue weighted by molar-refractivity contribution is 6.35. The molecule has 0 spiro atoms. The highest BCUT2D eigenvalue weighted by atomic mass is 35.5. The molecule has 0 radical (unpaired) electrons. The molecular weight excluding hydrogens is 287 g/mol. The van der Waals surface area contributed by atoms with Gasteiger partial charge in [-0.05, 0) is 38.5 Å². The number of carbonyl (C=O) groups excluding carboxylic acids is 2. The Morgan fingerprint density at radius 2 is 1.89 bits per heavy atom. The molecule has 0 aliphatic heterocycles. The lowest BCUT2D eigenvalue weighted by atomic mass is 9.85. The fraction of sp³-hybridized carbons (Fsp3) is 0.429. The average molecular weight is 303 g/mol. The van der Waals surface area contributed by atoms with Crippen molar-refractivity contribution in [3.05, 3.63) is 33.8 Å². The molecule has 0 saturated heterocycles. The van der Waals surface area contributed by atoms with Gasteiger partial charge in [-0.3, -0.25) is 9.59 Å². The second kappa shape index (κ2) is 6.40. The number of rotatable bonds is 5. The van der Waals surface area contributed by atoms with E-state index in [1.807, 2.05) is 0 Å². The number of esters is 1. The summed E-state index contributed by atoms with van der Waals surface area (Å²) < 4.78 is 4.90. The molecule has 1 aromatic carbocycles. The van der Waals surface area contributed by atoms with E-state index in [1.54, 1.807) is 39.0 Å². The number of ether oxygens (including phenoxy) is 1. The van der Waals surface area contributed by atoms with E-state index in [1.165, 1.54) is 0 Å². The number of carbonyl (C=O) groups is 2. The molecule has 1 aromatic rings. The van der Waals surface area contributed by atoms with Crippen molar-refractivity contribution in [2.24, 2.45) is 5.41 Å². The van der Waals surface area contributed by atoms with Gasteiger partial charge >= 0.3 is 5.97 Å². The average Bonchev–Trinajstić information content (AvgIpc) is 2.32. The number of hydrogen-bond acceptors (Lipinski definition) is 3. The summed E-state index contributed by atoms with van der Waals surface area (Å²) in [5.41, 5.74) is -0.535. The van der Waals surface area contributed by atoms with Gasteiger partial charge in [0.05, 0.1) is 6.61 Å². The zero-order valence-corrected chi connectivity index (χ0v) is 12.6. The smallest absolute Gasteiger partial charge is 0.319 e. The Morgan fingerprint density at radius 1 is 1.26 bits per heavy atom. The quantitative estimate of drug-likeness (QED) is 0.615.